The van der Waals surface area contributed by atoms with Gasteiger partial charge in [0, 0.05) is 36.3 Å². The first-order chi connectivity index (χ1) is 17.2. The predicted octanol–water partition coefficient (Wildman–Crippen LogP) is 4.63. The number of anilines is 1. The zero-order valence-corrected chi connectivity index (χ0v) is 19.0. The summed E-state index contributed by atoms with van der Waals surface area (Å²) in [5, 5.41) is 9.82. The predicted molar refractivity (Wildman–Crippen MR) is 119 cm³/mol. The van der Waals surface area contributed by atoms with E-state index < -0.39 is 64.4 Å². The van der Waals surface area contributed by atoms with Gasteiger partial charge in [-0.3, -0.25) is 9.89 Å². The van der Waals surface area contributed by atoms with E-state index in [4.69, 9.17) is 15.2 Å². The molecule has 1 aliphatic heterocycles. The first-order valence-electron chi connectivity index (χ1n) is 10.5. The summed E-state index contributed by atoms with van der Waals surface area (Å²) in [5.74, 6) is -1.91. The van der Waals surface area contributed by atoms with E-state index >= 15 is 0 Å². The molecule has 200 valence electrons. The molecule has 0 saturated carbocycles. The molecule has 1 saturated heterocycles. The average molecular weight is 535 g/mol. The number of alkyl halides is 6. The van der Waals surface area contributed by atoms with E-state index in [-0.39, 0.29) is 25.0 Å². The third-order valence-corrected chi connectivity index (χ3v) is 5.32. The van der Waals surface area contributed by atoms with Gasteiger partial charge in [0.05, 0.1) is 24.3 Å². The zero-order valence-electron chi connectivity index (χ0n) is 19.0. The number of benzene rings is 2. The number of aliphatic imine (C=N–C) groups is 1. The fraction of sp³-hybridized carbons (Fsp3) is 0.304. The second-order valence-electron chi connectivity index (χ2n) is 7.87. The largest absolute Gasteiger partial charge is 0.420 e. The highest BCUT2D eigenvalue weighted by atomic mass is 19.4. The van der Waals surface area contributed by atoms with Crippen LogP contribution in [0.2, 0.25) is 0 Å². The van der Waals surface area contributed by atoms with Gasteiger partial charge >= 0.3 is 18.4 Å². The van der Waals surface area contributed by atoms with Gasteiger partial charge in [-0.25, -0.2) is 9.18 Å². The highest BCUT2D eigenvalue weighted by molar-refractivity contribution is 6.11. The molecule has 7 nitrogen and oxygen atoms in total. The van der Waals surface area contributed by atoms with Crippen LogP contribution in [0.15, 0.2) is 47.6 Å². The molecule has 0 bridgehead atoms. The number of carbonyl (C=O) groups excluding carboxylic acids is 1. The third-order valence-electron chi connectivity index (χ3n) is 5.32. The lowest BCUT2D eigenvalue weighted by molar-refractivity contribution is -0.143. The highest BCUT2D eigenvalue weighted by Crippen LogP contribution is 2.44. The summed E-state index contributed by atoms with van der Waals surface area (Å²) in [4.78, 5) is 17.4. The number of hydrogen-bond donors (Lipinski definition) is 2. The van der Waals surface area contributed by atoms with Crippen molar-refractivity contribution in [1.82, 2.24) is 0 Å². The SMILES string of the molecule is CN(C(=O)Oc1c(/C(C=NC2COCC2O)=C/N)cc(C(F)(F)F)cc1C(F)(F)F)c1ccc(F)cc1. The van der Waals surface area contributed by atoms with Gasteiger partial charge in [0.2, 0.25) is 0 Å². The number of nitrogens with zero attached hydrogens (tertiary/aromatic N) is 2. The Morgan fingerprint density at radius 2 is 1.78 bits per heavy atom. The Bertz CT molecular complexity index is 1190. The summed E-state index contributed by atoms with van der Waals surface area (Å²) in [6.07, 6.45) is -11.5. The first kappa shape index (κ1) is 27.9. The molecular formula is C23H20F7N3O4. The van der Waals surface area contributed by atoms with Crippen LogP contribution < -0.4 is 15.4 Å². The molecule has 14 heteroatoms. The number of hydrogen-bond acceptors (Lipinski definition) is 6. The topological polar surface area (TPSA) is 97.4 Å². The Morgan fingerprint density at radius 3 is 2.30 bits per heavy atom. The summed E-state index contributed by atoms with van der Waals surface area (Å²) in [5.41, 5.74) is 0.677. The molecule has 2 atom stereocenters. The number of aliphatic hydroxyl groups is 1. The van der Waals surface area contributed by atoms with Crippen molar-refractivity contribution in [1.29, 1.82) is 0 Å². The minimum Gasteiger partial charge on any atom is -0.409 e. The van der Waals surface area contributed by atoms with Gasteiger partial charge < -0.3 is 20.3 Å². The minimum absolute atomic E-state index is 0.0276. The van der Waals surface area contributed by atoms with Gasteiger partial charge in [-0.15, -0.1) is 0 Å². The molecule has 2 aromatic rings. The van der Waals surface area contributed by atoms with Crippen molar-refractivity contribution < 1.29 is 50.1 Å². The number of halogens is 7. The van der Waals surface area contributed by atoms with Crippen molar-refractivity contribution in [2.24, 2.45) is 10.7 Å². The molecule has 1 heterocycles. The maximum absolute atomic E-state index is 13.9. The summed E-state index contributed by atoms with van der Waals surface area (Å²) >= 11 is 0. The van der Waals surface area contributed by atoms with Crippen molar-refractivity contribution >= 4 is 23.6 Å². The molecule has 2 unspecified atom stereocenters. The summed E-state index contributed by atoms with van der Waals surface area (Å²) in [6, 6.07) is 3.54. The number of amides is 1. The second kappa shape index (κ2) is 10.8. The standard InChI is InChI=1S/C23H20F7N3O4/c1-33(15-4-2-14(24)3-5-15)21(35)37-20-16(12(8-31)9-32-18-10-36-11-19(18)34)6-13(22(25,26)27)7-17(20)23(28,29)30/h2-9,18-19,34H,10-11,31H2,1H3/b12-8+,32-9?. The summed E-state index contributed by atoms with van der Waals surface area (Å²) in [6.45, 7) is -0.111. The van der Waals surface area contributed by atoms with Crippen LogP contribution in [-0.2, 0) is 17.1 Å². The monoisotopic (exact) mass is 535 g/mol. The van der Waals surface area contributed by atoms with Crippen LogP contribution in [0.25, 0.3) is 5.57 Å². The third kappa shape index (κ3) is 6.57. The summed E-state index contributed by atoms with van der Waals surface area (Å²) in [7, 11) is 1.11. The van der Waals surface area contributed by atoms with Crippen molar-refractivity contribution in [3.8, 4) is 5.75 Å². The maximum atomic E-state index is 13.9. The smallest absolute Gasteiger partial charge is 0.409 e. The Hall–Kier alpha value is -3.65. The van der Waals surface area contributed by atoms with Gasteiger partial charge in [0.25, 0.3) is 0 Å². The molecule has 0 spiro atoms. The van der Waals surface area contributed by atoms with E-state index in [1.54, 1.807) is 0 Å². The molecule has 3 N–H and O–H groups in total. The lowest BCUT2D eigenvalue weighted by Crippen LogP contribution is -2.30. The maximum Gasteiger partial charge on any atom is 0.420 e. The van der Waals surface area contributed by atoms with E-state index in [9.17, 15) is 40.6 Å². The lowest BCUT2D eigenvalue weighted by Gasteiger charge is -2.22. The fourth-order valence-electron chi connectivity index (χ4n) is 3.31. The molecule has 1 fully saturated rings. The van der Waals surface area contributed by atoms with Crippen LogP contribution in [0.1, 0.15) is 16.7 Å². The van der Waals surface area contributed by atoms with Gasteiger partial charge in [-0.05, 0) is 36.4 Å². The lowest BCUT2D eigenvalue weighted by atomic mass is 9.98. The number of rotatable bonds is 5. The van der Waals surface area contributed by atoms with Gasteiger partial charge in [0.15, 0.2) is 5.75 Å². The van der Waals surface area contributed by atoms with Gasteiger partial charge in [-0.1, -0.05) is 0 Å². The van der Waals surface area contributed by atoms with Gasteiger partial charge in [-0.2, -0.15) is 26.3 Å². The van der Waals surface area contributed by atoms with E-state index in [0.717, 1.165) is 42.4 Å². The van der Waals surface area contributed by atoms with Crippen molar-refractivity contribution in [3.63, 3.8) is 0 Å². The van der Waals surface area contributed by atoms with E-state index in [0.29, 0.717) is 12.3 Å². The Balaban J connectivity index is 2.13. The molecule has 0 radical (unpaired) electrons. The van der Waals surface area contributed by atoms with E-state index in [1.165, 1.54) is 0 Å². The van der Waals surface area contributed by atoms with Crippen LogP contribution in [-0.4, -0.2) is 49.8 Å². The average Bonchev–Trinajstić information content (AvgIpc) is 3.23. The molecule has 2 aromatic carbocycles. The second-order valence-corrected chi connectivity index (χ2v) is 7.87. The fourth-order valence-corrected chi connectivity index (χ4v) is 3.31. The van der Waals surface area contributed by atoms with Crippen molar-refractivity contribution in [2.75, 3.05) is 25.2 Å². The molecule has 0 aromatic heterocycles. The van der Waals surface area contributed by atoms with Crippen molar-refractivity contribution in [3.05, 3.63) is 65.1 Å². The molecule has 1 aliphatic rings. The number of allylic oxidation sites excluding steroid dienone is 1. The molecule has 37 heavy (non-hydrogen) atoms. The number of nitrogens with two attached hydrogens (primary N) is 1. The zero-order chi connectivity index (χ0) is 27.5. The number of carbonyl (C=O) groups is 1. The normalized spacial score (nSPS) is 18.9. The number of ether oxygens (including phenoxy) is 2. The Kier molecular flexibility index (Phi) is 8.12. The van der Waals surface area contributed by atoms with E-state index in [1.807, 2.05) is 0 Å². The Labute approximate surface area is 205 Å². The van der Waals surface area contributed by atoms with Crippen molar-refractivity contribution in [2.45, 2.75) is 24.5 Å². The van der Waals surface area contributed by atoms with Gasteiger partial charge in [0.1, 0.15) is 18.0 Å². The minimum atomic E-state index is -5.38. The van der Waals surface area contributed by atoms with Crippen LogP contribution in [0.3, 0.4) is 0 Å². The van der Waals surface area contributed by atoms with Crippen LogP contribution in [0.4, 0.5) is 41.2 Å². The first-order valence-corrected chi connectivity index (χ1v) is 10.5. The van der Waals surface area contributed by atoms with Crippen LogP contribution >= 0.6 is 0 Å². The number of aliphatic hydroxyl groups excluding tert-OH is 1. The molecule has 3 rings (SSSR count). The summed E-state index contributed by atoms with van der Waals surface area (Å²) < 4.78 is 105. The molecular weight excluding hydrogens is 515 g/mol. The quantitative estimate of drug-likeness (QED) is 0.430. The van der Waals surface area contributed by atoms with Crippen LogP contribution in [0, 0.1) is 5.82 Å². The van der Waals surface area contributed by atoms with E-state index in [2.05, 4.69) is 4.99 Å². The highest BCUT2D eigenvalue weighted by Gasteiger charge is 2.41. The molecule has 1 amide bonds. The Morgan fingerprint density at radius 1 is 1.14 bits per heavy atom. The molecule has 0 aliphatic carbocycles. The van der Waals surface area contributed by atoms with Crippen LogP contribution in [0.5, 0.6) is 5.75 Å².